The molecule has 0 aliphatic carbocycles. The summed E-state index contributed by atoms with van der Waals surface area (Å²) < 4.78 is 5.29. The molecule has 1 amide bonds. The molecule has 2 atom stereocenters. The lowest BCUT2D eigenvalue weighted by Crippen LogP contribution is -2.39. The number of amides is 1. The Morgan fingerprint density at radius 2 is 2.17 bits per heavy atom. The van der Waals surface area contributed by atoms with Crippen molar-refractivity contribution >= 4 is 11.6 Å². The fourth-order valence-corrected chi connectivity index (χ4v) is 2.64. The number of rotatable bonds is 4. The fourth-order valence-electron chi connectivity index (χ4n) is 2.64. The van der Waals surface area contributed by atoms with Gasteiger partial charge in [0.2, 0.25) is 5.91 Å². The van der Waals surface area contributed by atoms with Crippen LogP contribution in [0.4, 0.5) is 5.69 Å². The van der Waals surface area contributed by atoms with Gasteiger partial charge in [-0.05, 0) is 43.2 Å². The van der Waals surface area contributed by atoms with Gasteiger partial charge in [0, 0.05) is 6.20 Å². The molecule has 1 aromatic heterocycles. The van der Waals surface area contributed by atoms with Crippen LogP contribution in [0.3, 0.4) is 0 Å². The van der Waals surface area contributed by atoms with Gasteiger partial charge in [0.1, 0.15) is 11.8 Å². The number of nitrogens with zero attached hydrogens (tertiary/aromatic N) is 1. The minimum absolute atomic E-state index is 0.0198. The van der Waals surface area contributed by atoms with Crippen molar-refractivity contribution in [3.63, 3.8) is 0 Å². The van der Waals surface area contributed by atoms with E-state index >= 15 is 0 Å². The van der Waals surface area contributed by atoms with E-state index in [-0.39, 0.29) is 18.0 Å². The Bertz CT molecular complexity index is 690. The first-order chi connectivity index (χ1) is 11.2. The Labute approximate surface area is 135 Å². The molecule has 23 heavy (non-hydrogen) atoms. The van der Waals surface area contributed by atoms with Gasteiger partial charge >= 0.3 is 0 Å². The molecule has 1 aliphatic rings. The van der Waals surface area contributed by atoms with E-state index in [4.69, 9.17) is 4.74 Å². The number of carbonyl (C=O) groups excluding carboxylic acids is 1. The number of pyridine rings is 1. The molecule has 0 spiro atoms. The average Bonchev–Trinajstić information content (AvgIpc) is 3.06. The number of anilines is 1. The van der Waals surface area contributed by atoms with Crippen molar-refractivity contribution in [2.45, 2.75) is 25.4 Å². The Balaban J connectivity index is 1.67. The summed E-state index contributed by atoms with van der Waals surface area (Å²) in [7, 11) is 1.59. The number of methoxy groups -OCH3 is 1. The topological polar surface area (TPSA) is 75.3 Å². The van der Waals surface area contributed by atoms with E-state index in [1.807, 2.05) is 43.3 Å². The SMILES string of the molecule is COc1ccc(C)cc1NC(=O)C1CC(c2ccccn2)NN1. The number of carbonyl (C=O) groups is 1. The van der Waals surface area contributed by atoms with E-state index in [0.29, 0.717) is 17.9 Å². The molecule has 3 rings (SSSR count). The predicted octanol–water partition coefficient (Wildman–Crippen LogP) is 1.94. The van der Waals surface area contributed by atoms with Gasteiger partial charge in [-0.2, -0.15) is 0 Å². The zero-order valence-electron chi connectivity index (χ0n) is 13.2. The molecule has 3 N–H and O–H groups in total. The lowest BCUT2D eigenvalue weighted by Gasteiger charge is -2.14. The van der Waals surface area contributed by atoms with Crippen molar-refractivity contribution in [1.29, 1.82) is 0 Å². The molecular formula is C17H20N4O2. The van der Waals surface area contributed by atoms with Gasteiger partial charge in [0.25, 0.3) is 0 Å². The van der Waals surface area contributed by atoms with Gasteiger partial charge in [0.15, 0.2) is 0 Å². The molecule has 0 radical (unpaired) electrons. The van der Waals surface area contributed by atoms with E-state index in [0.717, 1.165) is 11.3 Å². The quantitative estimate of drug-likeness (QED) is 0.804. The highest BCUT2D eigenvalue weighted by molar-refractivity contribution is 5.96. The van der Waals surface area contributed by atoms with Crippen LogP contribution in [0.15, 0.2) is 42.6 Å². The van der Waals surface area contributed by atoms with E-state index in [1.54, 1.807) is 13.3 Å². The number of aromatic nitrogens is 1. The van der Waals surface area contributed by atoms with Crippen molar-refractivity contribution in [3.8, 4) is 5.75 Å². The number of ether oxygens (including phenoxy) is 1. The van der Waals surface area contributed by atoms with E-state index in [2.05, 4.69) is 21.2 Å². The molecule has 6 heteroatoms. The van der Waals surface area contributed by atoms with Crippen molar-refractivity contribution in [1.82, 2.24) is 15.8 Å². The second-order valence-corrected chi connectivity index (χ2v) is 5.58. The van der Waals surface area contributed by atoms with Crippen LogP contribution in [0.2, 0.25) is 0 Å². The maximum Gasteiger partial charge on any atom is 0.243 e. The summed E-state index contributed by atoms with van der Waals surface area (Å²) in [6.07, 6.45) is 2.39. The highest BCUT2D eigenvalue weighted by atomic mass is 16.5. The van der Waals surface area contributed by atoms with Crippen LogP contribution in [0.25, 0.3) is 0 Å². The average molecular weight is 312 g/mol. The second-order valence-electron chi connectivity index (χ2n) is 5.58. The van der Waals surface area contributed by atoms with Gasteiger partial charge in [-0.3, -0.25) is 9.78 Å². The summed E-state index contributed by atoms with van der Waals surface area (Å²) in [5, 5.41) is 2.93. The number of benzene rings is 1. The third kappa shape index (κ3) is 3.49. The molecule has 1 aromatic carbocycles. The number of aryl methyl sites for hydroxylation is 1. The minimum Gasteiger partial charge on any atom is -0.495 e. The standard InChI is InChI=1S/C17H20N4O2/c1-11-6-7-16(23-2)14(9-11)19-17(22)15-10-13(20-21-15)12-5-3-4-8-18-12/h3-9,13,15,20-21H,10H2,1-2H3,(H,19,22). The zero-order valence-corrected chi connectivity index (χ0v) is 13.2. The van der Waals surface area contributed by atoms with Crippen molar-refractivity contribution in [2.24, 2.45) is 0 Å². The molecule has 1 saturated heterocycles. The first-order valence-corrected chi connectivity index (χ1v) is 7.55. The van der Waals surface area contributed by atoms with Crippen molar-refractivity contribution in [3.05, 3.63) is 53.9 Å². The molecule has 0 bridgehead atoms. The molecule has 120 valence electrons. The number of hydrogen-bond acceptors (Lipinski definition) is 5. The van der Waals surface area contributed by atoms with Crippen molar-refractivity contribution < 1.29 is 9.53 Å². The predicted molar refractivity (Wildman–Crippen MR) is 88.0 cm³/mol. The summed E-state index contributed by atoms with van der Waals surface area (Å²) >= 11 is 0. The fraction of sp³-hybridized carbons (Fsp3) is 0.294. The van der Waals surface area contributed by atoms with Crippen LogP contribution in [-0.2, 0) is 4.79 Å². The van der Waals surface area contributed by atoms with Crippen LogP contribution in [0.1, 0.15) is 23.7 Å². The number of nitrogens with one attached hydrogen (secondary N) is 3. The molecule has 2 unspecified atom stereocenters. The monoisotopic (exact) mass is 312 g/mol. The number of hydrogen-bond donors (Lipinski definition) is 3. The van der Waals surface area contributed by atoms with Gasteiger partial charge in [-0.1, -0.05) is 12.1 Å². The molecular weight excluding hydrogens is 292 g/mol. The Morgan fingerprint density at radius 3 is 2.91 bits per heavy atom. The summed E-state index contributed by atoms with van der Waals surface area (Å²) in [5.41, 5.74) is 8.82. The smallest absolute Gasteiger partial charge is 0.243 e. The summed E-state index contributed by atoms with van der Waals surface area (Å²) in [4.78, 5) is 16.8. The van der Waals surface area contributed by atoms with Gasteiger partial charge < -0.3 is 10.1 Å². The Hall–Kier alpha value is -2.44. The normalized spacial score (nSPS) is 20.3. The van der Waals surface area contributed by atoms with Gasteiger partial charge in [-0.25, -0.2) is 10.9 Å². The zero-order chi connectivity index (χ0) is 16.2. The molecule has 2 aromatic rings. The Morgan fingerprint density at radius 1 is 1.30 bits per heavy atom. The first kappa shape index (κ1) is 15.5. The van der Waals surface area contributed by atoms with Crippen LogP contribution < -0.4 is 20.9 Å². The maximum atomic E-state index is 12.5. The molecule has 2 heterocycles. The second kappa shape index (κ2) is 6.76. The molecule has 1 aliphatic heterocycles. The maximum absolute atomic E-state index is 12.5. The molecule has 0 saturated carbocycles. The summed E-state index contributed by atoms with van der Waals surface area (Å²) in [6, 6.07) is 11.1. The minimum atomic E-state index is -0.327. The van der Waals surface area contributed by atoms with Crippen LogP contribution in [-0.4, -0.2) is 24.0 Å². The highest BCUT2D eigenvalue weighted by Gasteiger charge is 2.31. The molecule has 6 nitrogen and oxygen atoms in total. The van der Waals surface area contributed by atoms with Crippen LogP contribution in [0.5, 0.6) is 5.75 Å². The largest absolute Gasteiger partial charge is 0.495 e. The highest BCUT2D eigenvalue weighted by Crippen LogP contribution is 2.26. The summed E-state index contributed by atoms with van der Waals surface area (Å²) in [6.45, 7) is 1.97. The summed E-state index contributed by atoms with van der Waals surface area (Å²) in [5.74, 6) is 0.552. The van der Waals surface area contributed by atoms with Gasteiger partial charge in [-0.15, -0.1) is 0 Å². The molecule has 1 fully saturated rings. The van der Waals surface area contributed by atoms with Crippen LogP contribution in [0, 0.1) is 6.92 Å². The lowest BCUT2D eigenvalue weighted by molar-refractivity contribution is -0.117. The van der Waals surface area contributed by atoms with Gasteiger partial charge in [0.05, 0.1) is 24.5 Å². The lowest BCUT2D eigenvalue weighted by atomic mass is 10.1. The first-order valence-electron chi connectivity index (χ1n) is 7.55. The van der Waals surface area contributed by atoms with E-state index < -0.39 is 0 Å². The van der Waals surface area contributed by atoms with E-state index in [1.165, 1.54) is 0 Å². The number of hydrazine groups is 1. The van der Waals surface area contributed by atoms with Crippen LogP contribution >= 0.6 is 0 Å². The Kier molecular flexibility index (Phi) is 4.55. The van der Waals surface area contributed by atoms with Crippen molar-refractivity contribution in [2.75, 3.05) is 12.4 Å². The van der Waals surface area contributed by atoms with E-state index in [9.17, 15) is 4.79 Å². The third-order valence-corrected chi connectivity index (χ3v) is 3.88. The third-order valence-electron chi connectivity index (χ3n) is 3.88.